The summed E-state index contributed by atoms with van der Waals surface area (Å²) < 4.78 is 24.8. The maximum atomic E-state index is 11.9. The van der Waals surface area contributed by atoms with E-state index in [2.05, 4.69) is 17.0 Å². The van der Waals surface area contributed by atoms with Crippen LogP contribution in [0.25, 0.3) is 0 Å². The molecule has 23 heavy (non-hydrogen) atoms. The van der Waals surface area contributed by atoms with Crippen molar-refractivity contribution in [3.63, 3.8) is 0 Å². The molecule has 0 aromatic heterocycles. The normalized spacial score (nSPS) is 11.2. The molecule has 1 rings (SSSR count). The summed E-state index contributed by atoms with van der Waals surface area (Å²) in [5.74, 6) is -0.0323. The van der Waals surface area contributed by atoms with E-state index in [0.717, 1.165) is 24.7 Å². The molecule has 0 bridgehead atoms. The van der Waals surface area contributed by atoms with Gasteiger partial charge in [-0.05, 0) is 24.1 Å². The van der Waals surface area contributed by atoms with Crippen molar-refractivity contribution >= 4 is 21.6 Å². The Morgan fingerprint density at radius 3 is 2.48 bits per heavy atom. The van der Waals surface area contributed by atoms with Crippen LogP contribution in [-0.2, 0) is 21.2 Å². The molecule has 0 aliphatic carbocycles. The Morgan fingerprint density at radius 1 is 1.09 bits per heavy atom. The zero-order chi connectivity index (χ0) is 17.1. The molecule has 1 aromatic rings. The lowest BCUT2D eigenvalue weighted by atomic mass is 10.1. The van der Waals surface area contributed by atoms with Crippen molar-refractivity contribution in [1.82, 2.24) is 5.32 Å². The molecule has 0 atom stereocenters. The van der Waals surface area contributed by atoms with Gasteiger partial charge >= 0.3 is 0 Å². The van der Waals surface area contributed by atoms with E-state index in [9.17, 15) is 13.2 Å². The Balaban J connectivity index is 2.30. The Bertz CT molecular complexity index is 585. The van der Waals surface area contributed by atoms with Gasteiger partial charge in [-0.3, -0.25) is 9.52 Å². The highest BCUT2D eigenvalue weighted by Crippen LogP contribution is 2.12. The Morgan fingerprint density at radius 2 is 1.78 bits per heavy atom. The predicted molar refractivity (Wildman–Crippen MR) is 95.0 cm³/mol. The van der Waals surface area contributed by atoms with Crippen LogP contribution in [0.5, 0.6) is 0 Å². The summed E-state index contributed by atoms with van der Waals surface area (Å²) in [7, 11) is -3.30. The fourth-order valence-electron chi connectivity index (χ4n) is 2.34. The SMILES string of the molecule is CCCCCCCCNC(=O)Cc1cccc(NS(C)(=O)=O)c1. The van der Waals surface area contributed by atoms with Crippen LogP contribution >= 0.6 is 0 Å². The van der Waals surface area contributed by atoms with Crippen LogP contribution in [0.2, 0.25) is 0 Å². The molecule has 1 aromatic carbocycles. The monoisotopic (exact) mass is 340 g/mol. The quantitative estimate of drug-likeness (QED) is 0.608. The molecule has 0 spiro atoms. The second-order valence-electron chi connectivity index (χ2n) is 5.87. The number of hydrogen-bond donors (Lipinski definition) is 2. The van der Waals surface area contributed by atoms with E-state index in [4.69, 9.17) is 0 Å². The average molecular weight is 340 g/mol. The highest BCUT2D eigenvalue weighted by molar-refractivity contribution is 7.92. The number of hydrogen-bond acceptors (Lipinski definition) is 3. The smallest absolute Gasteiger partial charge is 0.229 e. The van der Waals surface area contributed by atoms with Crippen LogP contribution < -0.4 is 10.0 Å². The molecule has 0 aliphatic rings. The van der Waals surface area contributed by atoms with Gasteiger partial charge in [0.15, 0.2) is 0 Å². The highest BCUT2D eigenvalue weighted by Gasteiger charge is 2.06. The van der Waals surface area contributed by atoms with Gasteiger partial charge in [-0.1, -0.05) is 51.2 Å². The first-order valence-corrected chi connectivity index (χ1v) is 10.1. The first-order valence-electron chi connectivity index (χ1n) is 8.24. The summed E-state index contributed by atoms with van der Waals surface area (Å²) in [5.41, 5.74) is 1.27. The van der Waals surface area contributed by atoms with Gasteiger partial charge in [0.05, 0.1) is 12.7 Å². The molecular weight excluding hydrogens is 312 g/mol. The van der Waals surface area contributed by atoms with E-state index in [1.165, 1.54) is 25.7 Å². The van der Waals surface area contributed by atoms with Crippen molar-refractivity contribution in [1.29, 1.82) is 0 Å². The first kappa shape index (κ1) is 19.5. The number of sulfonamides is 1. The van der Waals surface area contributed by atoms with Gasteiger partial charge in [-0.25, -0.2) is 8.42 Å². The van der Waals surface area contributed by atoms with E-state index < -0.39 is 10.0 Å². The van der Waals surface area contributed by atoms with Crippen molar-refractivity contribution in [2.45, 2.75) is 51.9 Å². The van der Waals surface area contributed by atoms with Crippen LogP contribution in [0.4, 0.5) is 5.69 Å². The third-order valence-corrected chi connectivity index (χ3v) is 4.05. The maximum Gasteiger partial charge on any atom is 0.229 e. The Labute approximate surface area is 139 Å². The second kappa shape index (κ2) is 10.3. The van der Waals surface area contributed by atoms with Gasteiger partial charge in [0.25, 0.3) is 0 Å². The molecule has 5 nitrogen and oxygen atoms in total. The molecule has 1 amide bonds. The lowest BCUT2D eigenvalue weighted by Gasteiger charge is -2.08. The molecule has 2 N–H and O–H groups in total. The van der Waals surface area contributed by atoms with Crippen LogP contribution in [-0.4, -0.2) is 27.1 Å². The summed E-state index contributed by atoms with van der Waals surface area (Å²) in [5, 5.41) is 2.91. The average Bonchev–Trinajstić information content (AvgIpc) is 2.45. The van der Waals surface area contributed by atoms with Crippen molar-refractivity contribution in [3.05, 3.63) is 29.8 Å². The molecule has 0 fully saturated rings. The number of nitrogens with one attached hydrogen (secondary N) is 2. The lowest BCUT2D eigenvalue weighted by Crippen LogP contribution is -2.26. The van der Waals surface area contributed by atoms with E-state index in [-0.39, 0.29) is 12.3 Å². The molecule has 0 heterocycles. The number of unbranched alkanes of at least 4 members (excludes halogenated alkanes) is 5. The Hall–Kier alpha value is -1.56. The molecule has 0 aliphatic heterocycles. The van der Waals surface area contributed by atoms with E-state index in [1.54, 1.807) is 18.2 Å². The number of anilines is 1. The highest BCUT2D eigenvalue weighted by atomic mass is 32.2. The minimum Gasteiger partial charge on any atom is -0.356 e. The van der Waals surface area contributed by atoms with Gasteiger partial charge in [-0.15, -0.1) is 0 Å². The van der Waals surface area contributed by atoms with Crippen LogP contribution in [0.3, 0.4) is 0 Å². The molecule has 0 saturated heterocycles. The van der Waals surface area contributed by atoms with E-state index >= 15 is 0 Å². The second-order valence-corrected chi connectivity index (χ2v) is 7.62. The molecule has 0 radical (unpaired) electrons. The molecule has 6 heteroatoms. The Kier molecular flexibility index (Phi) is 8.69. The molecular formula is C17H28N2O3S. The van der Waals surface area contributed by atoms with E-state index in [0.29, 0.717) is 12.2 Å². The summed E-state index contributed by atoms with van der Waals surface area (Å²) in [6.45, 7) is 2.90. The van der Waals surface area contributed by atoms with Gasteiger partial charge in [0.2, 0.25) is 15.9 Å². The number of carbonyl (C=O) groups is 1. The van der Waals surface area contributed by atoms with Gasteiger partial charge in [-0.2, -0.15) is 0 Å². The first-order chi connectivity index (χ1) is 10.9. The maximum absolute atomic E-state index is 11.9. The van der Waals surface area contributed by atoms with Crippen LogP contribution in [0, 0.1) is 0 Å². The third kappa shape index (κ3) is 9.94. The standard InChI is InChI=1S/C17H28N2O3S/c1-3-4-5-6-7-8-12-18-17(20)14-15-10-9-11-16(13-15)19-23(2,21)22/h9-11,13,19H,3-8,12,14H2,1-2H3,(H,18,20). The summed E-state index contributed by atoms with van der Waals surface area (Å²) in [6, 6.07) is 6.91. The molecule has 0 unspecified atom stereocenters. The zero-order valence-electron chi connectivity index (χ0n) is 14.1. The van der Waals surface area contributed by atoms with Crippen molar-refractivity contribution in [2.24, 2.45) is 0 Å². The number of amides is 1. The zero-order valence-corrected chi connectivity index (χ0v) is 14.9. The number of rotatable bonds is 11. The van der Waals surface area contributed by atoms with Crippen LogP contribution in [0.15, 0.2) is 24.3 Å². The lowest BCUT2D eigenvalue weighted by molar-refractivity contribution is -0.120. The summed E-state index contributed by atoms with van der Waals surface area (Å²) >= 11 is 0. The van der Waals surface area contributed by atoms with Gasteiger partial charge in [0, 0.05) is 12.2 Å². The van der Waals surface area contributed by atoms with E-state index in [1.807, 2.05) is 6.07 Å². The summed E-state index contributed by atoms with van der Waals surface area (Å²) in [4.78, 5) is 11.9. The number of benzene rings is 1. The molecule has 130 valence electrons. The van der Waals surface area contributed by atoms with Gasteiger partial charge in [0.1, 0.15) is 0 Å². The van der Waals surface area contributed by atoms with Gasteiger partial charge < -0.3 is 5.32 Å². The van der Waals surface area contributed by atoms with Crippen molar-refractivity contribution in [2.75, 3.05) is 17.5 Å². The van der Waals surface area contributed by atoms with Crippen molar-refractivity contribution in [3.8, 4) is 0 Å². The number of carbonyl (C=O) groups excluding carboxylic acids is 1. The summed E-state index contributed by atoms with van der Waals surface area (Å²) in [6.07, 6.45) is 8.53. The predicted octanol–water partition coefficient (Wildman–Crippen LogP) is 3.08. The topological polar surface area (TPSA) is 75.3 Å². The minimum atomic E-state index is -3.30. The van der Waals surface area contributed by atoms with Crippen LogP contribution in [0.1, 0.15) is 51.0 Å². The van der Waals surface area contributed by atoms with Crippen molar-refractivity contribution < 1.29 is 13.2 Å². The third-order valence-electron chi connectivity index (χ3n) is 3.45. The fraction of sp³-hybridized carbons (Fsp3) is 0.588. The molecule has 0 saturated carbocycles. The largest absolute Gasteiger partial charge is 0.356 e. The minimum absolute atomic E-state index is 0.0323. The fourth-order valence-corrected chi connectivity index (χ4v) is 2.90.